The van der Waals surface area contributed by atoms with Crippen molar-refractivity contribution in [3.8, 4) is 11.4 Å². The maximum atomic E-state index is 5.27. The van der Waals surface area contributed by atoms with Crippen molar-refractivity contribution in [2.24, 2.45) is 0 Å². The fourth-order valence-corrected chi connectivity index (χ4v) is 2.08. The van der Waals surface area contributed by atoms with Crippen LogP contribution in [-0.2, 0) is 6.54 Å². The van der Waals surface area contributed by atoms with E-state index in [0.29, 0.717) is 18.3 Å². The second-order valence-electron chi connectivity index (χ2n) is 4.40. The molecule has 18 heavy (non-hydrogen) atoms. The van der Waals surface area contributed by atoms with Crippen molar-refractivity contribution in [1.29, 1.82) is 0 Å². The molecule has 2 aromatic heterocycles. The number of nitrogens with one attached hydrogen (secondary N) is 1. The highest BCUT2D eigenvalue weighted by Gasteiger charge is 2.14. The molecular weight excluding hydrogens is 232 g/mol. The second kappa shape index (κ2) is 5.32. The summed E-state index contributed by atoms with van der Waals surface area (Å²) >= 11 is 0. The number of aromatic nitrogens is 2. The van der Waals surface area contributed by atoms with Gasteiger partial charge in [0.25, 0.3) is 0 Å². The van der Waals surface area contributed by atoms with Crippen LogP contribution in [0.2, 0.25) is 0 Å². The monoisotopic (exact) mass is 248 g/mol. The third kappa shape index (κ3) is 2.60. The molecule has 1 aliphatic rings. The number of nitrogens with zero attached hydrogens (tertiary/aromatic N) is 3. The predicted octanol–water partition coefficient (Wildman–Crippen LogP) is 1.12. The lowest BCUT2D eigenvalue weighted by molar-refractivity contribution is 0.239. The third-order valence-electron chi connectivity index (χ3n) is 3.04. The molecule has 6 heteroatoms. The van der Waals surface area contributed by atoms with Gasteiger partial charge in [-0.15, -0.1) is 0 Å². The fraction of sp³-hybridized carbons (Fsp3) is 0.500. The van der Waals surface area contributed by atoms with E-state index >= 15 is 0 Å². The maximum Gasteiger partial charge on any atom is 0.241 e. The van der Waals surface area contributed by atoms with E-state index in [0.717, 1.165) is 38.2 Å². The van der Waals surface area contributed by atoms with Crippen LogP contribution in [0.25, 0.3) is 11.4 Å². The van der Waals surface area contributed by atoms with Crippen molar-refractivity contribution >= 4 is 0 Å². The number of furan rings is 1. The zero-order chi connectivity index (χ0) is 12.2. The Kier molecular flexibility index (Phi) is 3.38. The van der Waals surface area contributed by atoms with Crippen LogP contribution in [0.3, 0.4) is 0 Å². The standard InChI is InChI=1S/C12H16N4O2/c1-3-13-4-6-16(5-1)8-11-14-12(15-18-11)10-2-7-17-9-10/h2,7,9,13H,1,3-6,8H2. The Bertz CT molecular complexity index is 472. The summed E-state index contributed by atoms with van der Waals surface area (Å²) in [7, 11) is 0. The molecule has 1 N–H and O–H groups in total. The topological polar surface area (TPSA) is 67.3 Å². The van der Waals surface area contributed by atoms with Gasteiger partial charge in [-0.25, -0.2) is 0 Å². The summed E-state index contributed by atoms with van der Waals surface area (Å²) in [5.41, 5.74) is 0.850. The van der Waals surface area contributed by atoms with Crippen LogP contribution in [0.5, 0.6) is 0 Å². The van der Waals surface area contributed by atoms with Gasteiger partial charge in [0.15, 0.2) is 0 Å². The molecule has 3 heterocycles. The molecule has 0 atom stereocenters. The first-order chi connectivity index (χ1) is 8.92. The first-order valence-electron chi connectivity index (χ1n) is 6.20. The molecule has 1 saturated heterocycles. The summed E-state index contributed by atoms with van der Waals surface area (Å²) in [6.07, 6.45) is 4.37. The summed E-state index contributed by atoms with van der Waals surface area (Å²) in [6.45, 7) is 4.90. The molecule has 1 aliphatic heterocycles. The highest BCUT2D eigenvalue weighted by Crippen LogP contribution is 2.16. The Balaban J connectivity index is 1.66. The largest absolute Gasteiger partial charge is 0.472 e. The van der Waals surface area contributed by atoms with Crippen molar-refractivity contribution in [2.75, 3.05) is 26.2 Å². The SMILES string of the molecule is c1cc(-c2noc(CN3CCCNCC3)n2)co1. The minimum atomic E-state index is 0.590. The molecule has 0 saturated carbocycles. The lowest BCUT2D eigenvalue weighted by atomic mass is 10.3. The molecule has 2 aromatic rings. The first kappa shape index (κ1) is 11.4. The lowest BCUT2D eigenvalue weighted by Crippen LogP contribution is -2.27. The zero-order valence-corrected chi connectivity index (χ0v) is 10.1. The Morgan fingerprint density at radius 3 is 3.22 bits per heavy atom. The van der Waals surface area contributed by atoms with Crippen LogP contribution < -0.4 is 5.32 Å². The summed E-state index contributed by atoms with van der Waals surface area (Å²) in [5.74, 6) is 1.25. The third-order valence-corrected chi connectivity index (χ3v) is 3.04. The molecular formula is C12H16N4O2. The van der Waals surface area contributed by atoms with Gasteiger partial charge in [-0.3, -0.25) is 4.90 Å². The minimum Gasteiger partial charge on any atom is -0.472 e. The van der Waals surface area contributed by atoms with Crippen molar-refractivity contribution in [3.05, 3.63) is 24.5 Å². The summed E-state index contributed by atoms with van der Waals surface area (Å²) < 4.78 is 10.3. The van der Waals surface area contributed by atoms with Crippen molar-refractivity contribution < 1.29 is 8.94 Å². The van der Waals surface area contributed by atoms with Crippen LogP contribution in [0, 0.1) is 0 Å². The van der Waals surface area contributed by atoms with Gasteiger partial charge in [0.05, 0.1) is 18.4 Å². The van der Waals surface area contributed by atoms with E-state index < -0.39 is 0 Å². The van der Waals surface area contributed by atoms with Gasteiger partial charge in [-0.05, 0) is 25.6 Å². The molecule has 0 unspecified atom stereocenters. The molecule has 6 nitrogen and oxygen atoms in total. The fourth-order valence-electron chi connectivity index (χ4n) is 2.08. The Morgan fingerprint density at radius 2 is 2.33 bits per heavy atom. The summed E-state index contributed by atoms with van der Waals surface area (Å²) in [4.78, 5) is 6.70. The van der Waals surface area contributed by atoms with Gasteiger partial charge >= 0.3 is 0 Å². The van der Waals surface area contributed by atoms with Gasteiger partial charge in [0.2, 0.25) is 11.7 Å². The van der Waals surface area contributed by atoms with Crippen LogP contribution in [0.15, 0.2) is 27.5 Å². The Hall–Kier alpha value is -1.66. The predicted molar refractivity (Wildman–Crippen MR) is 64.8 cm³/mol. The number of rotatable bonds is 3. The van der Waals surface area contributed by atoms with Gasteiger partial charge in [0, 0.05) is 13.1 Å². The van der Waals surface area contributed by atoms with E-state index in [1.807, 2.05) is 6.07 Å². The highest BCUT2D eigenvalue weighted by atomic mass is 16.5. The maximum absolute atomic E-state index is 5.27. The van der Waals surface area contributed by atoms with Crippen molar-refractivity contribution in [3.63, 3.8) is 0 Å². The van der Waals surface area contributed by atoms with E-state index in [1.165, 1.54) is 0 Å². The molecule has 0 spiro atoms. The minimum absolute atomic E-state index is 0.590. The van der Waals surface area contributed by atoms with E-state index in [1.54, 1.807) is 12.5 Å². The molecule has 0 radical (unpaired) electrons. The highest BCUT2D eigenvalue weighted by molar-refractivity contribution is 5.51. The van der Waals surface area contributed by atoms with Gasteiger partial charge < -0.3 is 14.3 Å². The number of hydrogen-bond donors (Lipinski definition) is 1. The first-order valence-corrected chi connectivity index (χ1v) is 6.20. The van der Waals surface area contributed by atoms with Crippen LogP contribution in [-0.4, -0.2) is 41.2 Å². The quantitative estimate of drug-likeness (QED) is 0.878. The van der Waals surface area contributed by atoms with Gasteiger partial charge in [-0.2, -0.15) is 4.98 Å². The normalized spacial score (nSPS) is 17.8. The van der Waals surface area contributed by atoms with Gasteiger partial charge in [0.1, 0.15) is 6.26 Å². The summed E-state index contributed by atoms with van der Waals surface area (Å²) in [6, 6.07) is 1.82. The molecule has 0 aliphatic carbocycles. The molecule has 0 amide bonds. The molecule has 0 aromatic carbocycles. The van der Waals surface area contributed by atoms with Gasteiger partial charge in [-0.1, -0.05) is 5.16 Å². The molecule has 3 rings (SSSR count). The average molecular weight is 248 g/mol. The number of hydrogen-bond acceptors (Lipinski definition) is 6. The Labute approximate surface area is 105 Å². The molecule has 1 fully saturated rings. The van der Waals surface area contributed by atoms with E-state index in [-0.39, 0.29) is 0 Å². The van der Waals surface area contributed by atoms with Crippen molar-refractivity contribution in [1.82, 2.24) is 20.4 Å². The Morgan fingerprint density at radius 1 is 1.33 bits per heavy atom. The second-order valence-corrected chi connectivity index (χ2v) is 4.40. The molecule has 96 valence electrons. The lowest BCUT2D eigenvalue weighted by Gasteiger charge is -2.16. The molecule has 0 bridgehead atoms. The van der Waals surface area contributed by atoms with Crippen molar-refractivity contribution in [2.45, 2.75) is 13.0 Å². The zero-order valence-electron chi connectivity index (χ0n) is 10.1. The summed E-state index contributed by atoms with van der Waals surface area (Å²) in [5, 5.41) is 7.33. The van der Waals surface area contributed by atoms with Crippen LogP contribution in [0.1, 0.15) is 12.3 Å². The van der Waals surface area contributed by atoms with Crippen LogP contribution in [0.4, 0.5) is 0 Å². The smallest absolute Gasteiger partial charge is 0.241 e. The van der Waals surface area contributed by atoms with E-state index in [4.69, 9.17) is 8.94 Å². The average Bonchev–Trinajstić information content (AvgIpc) is 2.98. The van der Waals surface area contributed by atoms with Crippen LogP contribution >= 0.6 is 0 Å². The van der Waals surface area contributed by atoms with E-state index in [2.05, 4.69) is 20.4 Å². The van der Waals surface area contributed by atoms with E-state index in [9.17, 15) is 0 Å².